The molecule has 0 aromatic carbocycles. The van der Waals surface area contributed by atoms with E-state index in [2.05, 4.69) is 6.58 Å². The highest BCUT2D eigenvalue weighted by atomic mass is 16.8. The lowest BCUT2D eigenvalue weighted by molar-refractivity contribution is -1.14. The molecule has 0 aromatic heterocycles. The highest BCUT2D eigenvalue weighted by molar-refractivity contribution is 5.96. The summed E-state index contributed by atoms with van der Waals surface area (Å²) in [6.45, 7) is 12.2. The predicted octanol–water partition coefficient (Wildman–Crippen LogP) is 2.80. The maximum absolute atomic E-state index is 12.3. The van der Waals surface area contributed by atoms with Gasteiger partial charge >= 0.3 is 0 Å². The van der Waals surface area contributed by atoms with Crippen molar-refractivity contribution in [3.05, 3.63) is 17.4 Å². The van der Waals surface area contributed by atoms with Crippen LogP contribution in [0.1, 0.15) is 47.5 Å². The maximum Gasteiger partial charge on any atom is 0.161 e. The molecule has 1 N–H and O–H groups in total. The molecular formula is C13H23NO3. The molecule has 0 aliphatic carbocycles. The number of carbonyl (C=O) groups excluding carboxylic acids is 1. The molecule has 0 spiro atoms. The van der Waals surface area contributed by atoms with Crippen molar-refractivity contribution in [3.8, 4) is 0 Å². The van der Waals surface area contributed by atoms with E-state index in [-0.39, 0.29) is 11.7 Å². The Morgan fingerprint density at radius 1 is 1.29 bits per heavy atom. The lowest BCUT2D eigenvalue weighted by Crippen LogP contribution is -2.70. The van der Waals surface area contributed by atoms with Gasteiger partial charge < -0.3 is 5.21 Å². The summed E-state index contributed by atoms with van der Waals surface area (Å²) in [7, 11) is 0. The highest BCUT2D eigenvalue weighted by Crippen LogP contribution is 2.46. The average Bonchev–Trinajstić information content (AvgIpc) is 2.12. The monoisotopic (exact) mass is 241 g/mol. The minimum Gasteiger partial charge on any atom is -0.598 e. The van der Waals surface area contributed by atoms with Crippen LogP contribution in [-0.2, 0) is 4.79 Å². The third kappa shape index (κ3) is 2.17. The van der Waals surface area contributed by atoms with Crippen LogP contribution in [0.15, 0.2) is 12.2 Å². The fraction of sp³-hybridized carbons (Fsp3) is 0.769. The van der Waals surface area contributed by atoms with Crippen LogP contribution in [0, 0.1) is 11.1 Å². The molecule has 4 heteroatoms. The second kappa shape index (κ2) is 3.90. The van der Waals surface area contributed by atoms with Crippen LogP contribution in [-0.4, -0.2) is 26.9 Å². The fourth-order valence-electron chi connectivity index (χ4n) is 2.88. The smallest absolute Gasteiger partial charge is 0.161 e. The Morgan fingerprint density at radius 2 is 1.65 bits per heavy atom. The number of hydrogen-bond donors (Lipinski definition) is 1. The first-order chi connectivity index (χ1) is 7.42. The number of carbonyl (C=O) groups is 1. The van der Waals surface area contributed by atoms with Gasteiger partial charge in [-0.3, -0.25) is 4.79 Å². The van der Waals surface area contributed by atoms with Crippen molar-refractivity contribution in [2.75, 3.05) is 0 Å². The molecule has 1 aliphatic rings. The van der Waals surface area contributed by atoms with Gasteiger partial charge in [-0.25, -0.2) is 10.0 Å². The van der Waals surface area contributed by atoms with E-state index in [4.69, 9.17) is 0 Å². The third-order valence-electron chi connectivity index (χ3n) is 3.92. The second-order valence-corrected chi connectivity index (χ2v) is 6.45. The van der Waals surface area contributed by atoms with Crippen molar-refractivity contribution >= 4 is 5.78 Å². The van der Waals surface area contributed by atoms with Gasteiger partial charge in [0.2, 0.25) is 0 Å². The van der Waals surface area contributed by atoms with Crippen LogP contribution >= 0.6 is 0 Å². The molecule has 1 rings (SSSR count). The lowest BCUT2D eigenvalue weighted by atomic mass is 9.72. The van der Waals surface area contributed by atoms with Crippen molar-refractivity contribution in [1.29, 1.82) is 0 Å². The Morgan fingerprint density at radius 3 is 1.94 bits per heavy atom. The zero-order valence-electron chi connectivity index (χ0n) is 11.4. The summed E-state index contributed by atoms with van der Waals surface area (Å²) in [4.78, 5) is 10.7. The van der Waals surface area contributed by atoms with Gasteiger partial charge in [0.25, 0.3) is 0 Å². The lowest BCUT2D eigenvalue weighted by Gasteiger charge is -2.60. The Labute approximate surface area is 103 Å². The van der Waals surface area contributed by atoms with Gasteiger partial charge in [-0.05, 0) is 40.2 Å². The third-order valence-corrected chi connectivity index (χ3v) is 3.92. The molecule has 98 valence electrons. The number of quaternary nitrogens is 1. The first kappa shape index (κ1) is 14.4. The minimum atomic E-state index is -1.29. The molecule has 0 atom stereocenters. The molecule has 1 fully saturated rings. The van der Waals surface area contributed by atoms with Crippen LogP contribution in [0.5, 0.6) is 0 Å². The summed E-state index contributed by atoms with van der Waals surface area (Å²) >= 11 is 0. The minimum absolute atomic E-state index is 0.00542. The first-order valence-electron chi connectivity index (χ1n) is 5.95. The molecule has 0 aromatic rings. The molecule has 0 amide bonds. The van der Waals surface area contributed by atoms with E-state index in [1.807, 2.05) is 0 Å². The Balaban J connectivity index is 3.08. The van der Waals surface area contributed by atoms with E-state index in [9.17, 15) is 15.2 Å². The molecular weight excluding hydrogens is 218 g/mol. The highest BCUT2D eigenvalue weighted by Gasteiger charge is 2.55. The van der Waals surface area contributed by atoms with Gasteiger partial charge in [0, 0.05) is 18.8 Å². The molecule has 0 unspecified atom stereocenters. The number of hydrogen-bond acceptors (Lipinski definition) is 3. The maximum atomic E-state index is 12.3. The Hall–Kier alpha value is -0.710. The summed E-state index contributed by atoms with van der Waals surface area (Å²) in [6, 6.07) is 0. The summed E-state index contributed by atoms with van der Waals surface area (Å²) in [5.41, 5.74) is -1.24. The van der Waals surface area contributed by atoms with E-state index in [1.165, 1.54) is 0 Å². The number of piperidine rings is 1. The van der Waals surface area contributed by atoms with Crippen molar-refractivity contribution in [3.63, 3.8) is 0 Å². The average molecular weight is 241 g/mol. The van der Waals surface area contributed by atoms with Crippen molar-refractivity contribution in [1.82, 2.24) is 0 Å². The summed E-state index contributed by atoms with van der Waals surface area (Å²) in [5, 5.41) is 22.4. The van der Waals surface area contributed by atoms with Gasteiger partial charge in [-0.15, -0.1) is 0 Å². The fourth-order valence-corrected chi connectivity index (χ4v) is 2.88. The number of rotatable bonds is 2. The SMILES string of the molecule is C=C(C)C(=O)C1CC(C)(C)[N+]([O-])(O)C(C)(C)C1. The standard InChI is InChI=1S/C13H23NO3/c1-9(2)11(15)10-7-12(3,4)14(16,17)13(5,6)8-10/h10,16H,1,7-8H2,2-6H3. The van der Waals surface area contributed by atoms with Crippen LogP contribution in [0.2, 0.25) is 0 Å². The number of hydroxylamine groups is 4. The van der Waals surface area contributed by atoms with Crippen molar-refractivity contribution in [2.24, 2.45) is 5.92 Å². The van der Waals surface area contributed by atoms with Crippen LogP contribution in [0.25, 0.3) is 0 Å². The molecule has 17 heavy (non-hydrogen) atoms. The van der Waals surface area contributed by atoms with E-state index >= 15 is 0 Å². The molecule has 1 aliphatic heterocycles. The number of allylic oxidation sites excluding steroid dienone is 1. The first-order valence-corrected chi connectivity index (χ1v) is 5.95. The van der Waals surface area contributed by atoms with Gasteiger partial charge in [0.1, 0.15) is 11.1 Å². The topological polar surface area (TPSA) is 60.4 Å². The molecule has 1 saturated heterocycles. The van der Waals surface area contributed by atoms with Crippen LogP contribution in [0.3, 0.4) is 0 Å². The normalized spacial score (nSPS) is 35.4. The van der Waals surface area contributed by atoms with Gasteiger partial charge in [-0.1, -0.05) is 6.58 Å². The quantitative estimate of drug-likeness (QED) is 0.459. The van der Waals surface area contributed by atoms with Gasteiger partial charge in [0.15, 0.2) is 5.78 Å². The molecule has 0 saturated carbocycles. The molecule has 4 nitrogen and oxygen atoms in total. The summed E-state index contributed by atoms with van der Waals surface area (Å²) in [6.07, 6.45) is 0.782. The van der Waals surface area contributed by atoms with E-state index in [1.54, 1.807) is 34.6 Å². The molecule has 0 radical (unpaired) electrons. The largest absolute Gasteiger partial charge is 0.598 e. The Kier molecular flexibility index (Phi) is 3.29. The number of ketones is 1. The summed E-state index contributed by atoms with van der Waals surface area (Å²) in [5.74, 6) is -0.212. The Bertz CT molecular complexity index is 336. The number of nitrogens with zero attached hydrogens (tertiary/aromatic N) is 1. The van der Waals surface area contributed by atoms with E-state index < -0.39 is 15.9 Å². The second-order valence-electron chi connectivity index (χ2n) is 6.45. The molecule has 0 bridgehead atoms. The zero-order chi connectivity index (χ0) is 13.6. The van der Waals surface area contributed by atoms with Crippen molar-refractivity contribution in [2.45, 2.75) is 58.5 Å². The van der Waals surface area contributed by atoms with Crippen LogP contribution < -0.4 is 0 Å². The van der Waals surface area contributed by atoms with Gasteiger partial charge in [0.05, 0.1) is 0 Å². The number of Topliss-reactive ketones (excluding diaryl/α,β-unsaturated/α-hetero) is 1. The van der Waals surface area contributed by atoms with E-state index in [0.717, 1.165) is 0 Å². The van der Waals surface area contributed by atoms with Crippen LogP contribution in [0.4, 0.5) is 0 Å². The molecule has 1 heterocycles. The van der Waals surface area contributed by atoms with E-state index in [0.29, 0.717) is 18.4 Å². The van der Waals surface area contributed by atoms with Crippen molar-refractivity contribution < 1.29 is 14.8 Å². The zero-order valence-corrected chi connectivity index (χ0v) is 11.4. The van der Waals surface area contributed by atoms with Gasteiger partial charge in [-0.2, -0.15) is 0 Å². The summed E-state index contributed by atoms with van der Waals surface area (Å²) < 4.78 is 0. The predicted molar refractivity (Wildman–Crippen MR) is 66.1 cm³/mol.